The number of nitrogens with one attached hydrogen (secondary N) is 3. The second-order valence-electron chi connectivity index (χ2n) is 9.36. The zero-order valence-electron chi connectivity index (χ0n) is 21.8. The Morgan fingerprint density at radius 2 is 1.48 bits per heavy atom. The monoisotopic (exact) mass is 571 g/mol. The van der Waals surface area contributed by atoms with Crippen LogP contribution in [0.3, 0.4) is 0 Å². The van der Waals surface area contributed by atoms with Crippen LogP contribution in [0.1, 0.15) is 49.1 Å². The number of fused-ring (bicyclic) bond motifs is 3. The predicted octanol–water partition coefficient (Wildman–Crippen LogP) is 2.54. The average Bonchev–Trinajstić information content (AvgIpc) is 3.25. The number of thiol groups is 1. The van der Waals surface area contributed by atoms with Gasteiger partial charge in [0.05, 0.1) is 6.42 Å². The van der Waals surface area contributed by atoms with Gasteiger partial charge in [-0.3, -0.25) is 14.4 Å². The van der Waals surface area contributed by atoms with Crippen molar-refractivity contribution in [3.63, 3.8) is 0 Å². The third-order valence-corrected chi connectivity index (χ3v) is 6.89. The van der Waals surface area contributed by atoms with E-state index in [0.717, 1.165) is 22.3 Å². The summed E-state index contributed by atoms with van der Waals surface area (Å²) < 4.78 is 5.49. The Balaban J connectivity index is 1.36. The molecule has 0 bridgehead atoms. The number of carboxylic acid groups (broad SMARTS) is 2. The van der Waals surface area contributed by atoms with E-state index in [1.807, 2.05) is 48.5 Å². The van der Waals surface area contributed by atoms with E-state index in [-0.39, 0.29) is 24.7 Å². The summed E-state index contributed by atoms with van der Waals surface area (Å²) in [5.74, 6) is -3.74. The minimum absolute atomic E-state index is 0.0277. The lowest BCUT2D eigenvalue weighted by Crippen LogP contribution is -2.48. The first kappa shape index (κ1) is 30.5. The SMILES string of the molecule is O=C(O)CC(NC(=O)CCCCCNC(=O)C(CS)NC(=O)OCC1c2ccccc2-c2ccccc21)C(=O)O. The van der Waals surface area contributed by atoms with E-state index in [4.69, 9.17) is 14.9 Å². The fourth-order valence-corrected chi connectivity index (χ4v) is 4.80. The molecule has 3 amide bonds. The van der Waals surface area contributed by atoms with Crippen molar-refractivity contribution < 1.29 is 38.9 Å². The minimum atomic E-state index is -1.48. The van der Waals surface area contributed by atoms with E-state index >= 15 is 0 Å². The molecular weight excluding hydrogens is 538 g/mol. The number of benzene rings is 2. The van der Waals surface area contributed by atoms with Crippen LogP contribution in [0.25, 0.3) is 11.1 Å². The number of amides is 3. The summed E-state index contributed by atoms with van der Waals surface area (Å²) in [6, 6.07) is 13.6. The highest BCUT2D eigenvalue weighted by Gasteiger charge is 2.29. The fraction of sp³-hybridized carbons (Fsp3) is 0.393. The molecule has 1 aliphatic rings. The van der Waals surface area contributed by atoms with Crippen molar-refractivity contribution in [2.75, 3.05) is 18.9 Å². The van der Waals surface area contributed by atoms with Gasteiger partial charge in [0.25, 0.3) is 0 Å². The van der Waals surface area contributed by atoms with Gasteiger partial charge in [0.2, 0.25) is 11.8 Å². The Morgan fingerprint density at radius 3 is 2.05 bits per heavy atom. The van der Waals surface area contributed by atoms with Crippen LogP contribution < -0.4 is 16.0 Å². The molecule has 0 saturated heterocycles. The number of alkyl carbamates (subject to hydrolysis) is 1. The van der Waals surface area contributed by atoms with Crippen LogP contribution >= 0.6 is 12.6 Å². The summed E-state index contributed by atoms with van der Waals surface area (Å²) in [5.41, 5.74) is 4.39. The van der Waals surface area contributed by atoms with Gasteiger partial charge in [-0.25, -0.2) is 9.59 Å². The number of aliphatic carboxylic acids is 2. The Morgan fingerprint density at radius 1 is 0.850 bits per heavy atom. The van der Waals surface area contributed by atoms with E-state index < -0.39 is 48.4 Å². The number of ether oxygens (including phenoxy) is 1. The molecule has 0 fully saturated rings. The molecule has 11 nitrogen and oxygen atoms in total. The molecule has 1 aliphatic carbocycles. The minimum Gasteiger partial charge on any atom is -0.481 e. The molecule has 214 valence electrons. The molecule has 0 radical (unpaired) electrons. The lowest BCUT2D eigenvalue weighted by Gasteiger charge is -2.18. The maximum Gasteiger partial charge on any atom is 0.407 e. The molecule has 12 heteroatoms. The highest BCUT2D eigenvalue weighted by molar-refractivity contribution is 7.80. The lowest BCUT2D eigenvalue weighted by atomic mass is 9.98. The van der Waals surface area contributed by atoms with Crippen molar-refractivity contribution in [2.45, 2.75) is 50.1 Å². The molecule has 2 unspecified atom stereocenters. The summed E-state index contributed by atoms with van der Waals surface area (Å²) in [7, 11) is 0. The maximum atomic E-state index is 12.5. The van der Waals surface area contributed by atoms with Gasteiger partial charge in [-0.2, -0.15) is 12.6 Å². The Bertz CT molecular complexity index is 1190. The first-order valence-corrected chi connectivity index (χ1v) is 13.6. The smallest absolute Gasteiger partial charge is 0.407 e. The maximum absolute atomic E-state index is 12.5. The second kappa shape index (κ2) is 14.9. The molecular formula is C28H33N3O8S. The molecule has 0 aliphatic heterocycles. The molecule has 40 heavy (non-hydrogen) atoms. The van der Waals surface area contributed by atoms with E-state index in [1.165, 1.54) is 0 Å². The first-order valence-electron chi connectivity index (χ1n) is 12.9. The van der Waals surface area contributed by atoms with Gasteiger partial charge in [-0.1, -0.05) is 55.0 Å². The molecule has 3 rings (SSSR count). The summed E-state index contributed by atoms with van der Waals surface area (Å²) in [6.07, 6.45) is 0.138. The Kier molecular flexibility index (Phi) is 11.4. The second-order valence-corrected chi connectivity index (χ2v) is 9.73. The summed E-state index contributed by atoms with van der Waals surface area (Å²) >= 11 is 4.17. The average molecular weight is 572 g/mol. The van der Waals surface area contributed by atoms with E-state index in [0.29, 0.717) is 25.8 Å². The van der Waals surface area contributed by atoms with Gasteiger partial charge in [0.15, 0.2) is 0 Å². The lowest BCUT2D eigenvalue weighted by molar-refractivity contribution is -0.147. The topological polar surface area (TPSA) is 171 Å². The molecule has 0 spiro atoms. The van der Waals surface area contributed by atoms with Crippen LogP contribution in [0.5, 0.6) is 0 Å². The van der Waals surface area contributed by atoms with Gasteiger partial charge < -0.3 is 30.9 Å². The number of hydrogen-bond donors (Lipinski definition) is 6. The van der Waals surface area contributed by atoms with Crippen molar-refractivity contribution in [1.82, 2.24) is 16.0 Å². The standard InChI is InChI=1S/C28H33N3O8S/c32-24(30-22(27(36)37)14-25(33)34)12-2-1-7-13-29-26(35)23(16-40)31-28(38)39-15-21-19-10-5-3-8-17(19)18-9-4-6-11-20(18)21/h3-6,8-11,21-23,40H,1-2,7,12-16H2,(H,29,35)(H,30,32)(H,31,38)(H,33,34)(H,36,37). The van der Waals surface area contributed by atoms with Crippen LogP contribution in [0.2, 0.25) is 0 Å². The Hall–Kier alpha value is -4.06. The van der Waals surface area contributed by atoms with Crippen molar-refractivity contribution in [1.29, 1.82) is 0 Å². The number of rotatable bonds is 15. The summed E-state index contributed by atoms with van der Waals surface area (Å²) in [5, 5.41) is 25.2. The third kappa shape index (κ3) is 8.47. The number of carboxylic acids is 2. The van der Waals surface area contributed by atoms with Gasteiger partial charge in [0, 0.05) is 24.6 Å². The van der Waals surface area contributed by atoms with Crippen LogP contribution in [0, 0.1) is 0 Å². The number of carbonyl (C=O) groups is 5. The fourth-order valence-electron chi connectivity index (χ4n) is 4.54. The molecule has 0 saturated carbocycles. The van der Waals surface area contributed by atoms with Gasteiger partial charge >= 0.3 is 18.0 Å². The predicted molar refractivity (Wildman–Crippen MR) is 149 cm³/mol. The van der Waals surface area contributed by atoms with Gasteiger partial charge in [-0.15, -0.1) is 0 Å². The largest absolute Gasteiger partial charge is 0.481 e. The van der Waals surface area contributed by atoms with E-state index in [1.54, 1.807) is 0 Å². The summed E-state index contributed by atoms with van der Waals surface area (Å²) in [6.45, 7) is 0.422. The normalized spacial score (nSPS) is 13.3. The quantitative estimate of drug-likeness (QED) is 0.140. The number of unbranched alkanes of at least 4 members (excludes halogenated alkanes) is 2. The molecule has 2 aromatic carbocycles. The van der Waals surface area contributed by atoms with Crippen molar-refractivity contribution in [2.24, 2.45) is 0 Å². The van der Waals surface area contributed by atoms with Gasteiger partial charge in [0.1, 0.15) is 18.7 Å². The highest BCUT2D eigenvalue weighted by Crippen LogP contribution is 2.44. The molecule has 2 atom stereocenters. The van der Waals surface area contributed by atoms with Gasteiger partial charge in [-0.05, 0) is 35.1 Å². The number of carbonyl (C=O) groups excluding carboxylic acids is 3. The van der Waals surface area contributed by atoms with Crippen LogP contribution in [0.15, 0.2) is 48.5 Å². The Labute approximate surface area is 237 Å². The van der Waals surface area contributed by atoms with E-state index in [2.05, 4.69) is 28.6 Å². The van der Waals surface area contributed by atoms with E-state index in [9.17, 15) is 24.0 Å². The van der Waals surface area contributed by atoms with Crippen LogP contribution in [-0.4, -0.2) is 71.0 Å². The zero-order chi connectivity index (χ0) is 29.1. The first-order chi connectivity index (χ1) is 19.2. The van der Waals surface area contributed by atoms with Crippen LogP contribution in [-0.2, 0) is 23.9 Å². The molecule has 2 aromatic rings. The van der Waals surface area contributed by atoms with Crippen molar-refractivity contribution in [3.8, 4) is 11.1 Å². The van der Waals surface area contributed by atoms with Crippen molar-refractivity contribution in [3.05, 3.63) is 59.7 Å². The molecule has 0 aromatic heterocycles. The van der Waals surface area contributed by atoms with Crippen LogP contribution in [0.4, 0.5) is 4.79 Å². The molecule has 0 heterocycles. The third-order valence-electron chi connectivity index (χ3n) is 6.53. The zero-order valence-corrected chi connectivity index (χ0v) is 22.7. The number of hydrogen-bond acceptors (Lipinski definition) is 7. The summed E-state index contributed by atoms with van der Waals surface area (Å²) in [4.78, 5) is 58.6. The molecule has 5 N–H and O–H groups in total. The van der Waals surface area contributed by atoms with Crippen molar-refractivity contribution >= 4 is 42.5 Å². The highest BCUT2D eigenvalue weighted by atomic mass is 32.1.